The molecule has 17 heavy (non-hydrogen) atoms. The first-order valence-corrected chi connectivity index (χ1v) is 5.10. The maximum atomic E-state index is 8.92. The summed E-state index contributed by atoms with van der Waals surface area (Å²) in [5.74, 6) is 0.706. The zero-order valence-corrected chi connectivity index (χ0v) is 10.7. The van der Waals surface area contributed by atoms with Gasteiger partial charge in [0.2, 0.25) is 0 Å². The van der Waals surface area contributed by atoms with Crippen molar-refractivity contribution in [2.24, 2.45) is 0 Å². The average Bonchev–Trinajstić information content (AvgIpc) is 2.23. The number of hydrogen-bond donors (Lipinski definition) is 2. The zero-order valence-electron chi connectivity index (χ0n) is 9.92. The summed E-state index contributed by atoms with van der Waals surface area (Å²) in [6.45, 7) is 3.81. The first-order valence-electron chi connectivity index (χ1n) is 5.10. The molecule has 0 amide bonds. The van der Waals surface area contributed by atoms with E-state index in [0.717, 1.165) is 11.1 Å². The molecule has 0 aliphatic carbocycles. The molecule has 0 aliphatic rings. The van der Waals surface area contributed by atoms with Crippen LogP contribution in [0.4, 0.5) is 0 Å². The third-order valence-corrected chi connectivity index (χ3v) is 2.12. The van der Waals surface area contributed by atoms with Gasteiger partial charge in [0.25, 0.3) is 0 Å². The molecule has 2 aromatic rings. The Morgan fingerprint density at radius 2 is 1.47 bits per heavy atom. The van der Waals surface area contributed by atoms with Gasteiger partial charge < -0.3 is 10.2 Å². The van der Waals surface area contributed by atoms with E-state index in [1.54, 1.807) is 18.2 Å². The molecule has 92 valence electrons. The van der Waals surface area contributed by atoms with Gasteiger partial charge >= 0.3 is 0 Å². The fraction of sp³-hybridized carbons (Fsp3) is 0.143. The predicted molar refractivity (Wildman–Crippen MR) is 72.9 cm³/mol. The Bertz CT molecular complexity index is 417. The summed E-state index contributed by atoms with van der Waals surface area (Å²) in [7, 11) is 0. The molecular formula is C14H17ClO2. The normalized spacial score (nSPS) is 8.59. The van der Waals surface area contributed by atoms with Crippen molar-refractivity contribution in [2.75, 3.05) is 0 Å². The van der Waals surface area contributed by atoms with Gasteiger partial charge in [-0.15, -0.1) is 12.4 Å². The minimum Gasteiger partial charge on any atom is -0.508 e. The SMILES string of the molecule is Cc1cccc(O)c1.Cc1ccccc1O.Cl. The van der Waals surface area contributed by atoms with Crippen LogP contribution in [0.3, 0.4) is 0 Å². The van der Waals surface area contributed by atoms with Gasteiger partial charge in [0.05, 0.1) is 0 Å². The van der Waals surface area contributed by atoms with E-state index < -0.39 is 0 Å². The number of phenolic OH excluding ortho intramolecular Hbond substituents is 2. The van der Waals surface area contributed by atoms with Crippen molar-refractivity contribution in [3.63, 3.8) is 0 Å². The second kappa shape index (κ2) is 7.58. The second-order valence-corrected chi connectivity index (χ2v) is 3.63. The molecule has 0 atom stereocenters. The van der Waals surface area contributed by atoms with E-state index in [9.17, 15) is 0 Å². The van der Waals surface area contributed by atoms with E-state index in [2.05, 4.69) is 0 Å². The van der Waals surface area contributed by atoms with Gasteiger partial charge in [-0.1, -0.05) is 30.3 Å². The molecular weight excluding hydrogens is 236 g/mol. The smallest absolute Gasteiger partial charge is 0.118 e. The molecule has 0 saturated heterocycles. The molecule has 0 unspecified atom stereocenters. The zero-order chi connectivity index (χ0) is 12.0. The Labute approximate surface area is 108 Å². The van der Waals surface area contributed by atoms with Crippen LogP contribution in [0.15, 0.2) is 48.5 Å². The van der Waals surface area contributed by atoms with Gasteiger partial charge in [0, 0.05) is 0 Å². The van der Waals surface area contributed by atoms with Crippen molar-refractivity contribution in [3.8, 4) is 11.5 Å². The number of aromatic hydroxyl groups is 2. The fourth-order valence-corrected chi connectivity index (χ4v) is 1.19. The third-order valence-electron chi connectivity index (χ3n) is 2.12. The van der Waals surface area contributed by atoms with Gasteiger partial charge in [0.15, 0.2) is 0 Å². The van der Waals surface area contributed by atoms with Gasteiger partial charge in [0.1, 0.15) is 11.5 Å². The summed E-state index contributed by atoms with van der Waals surface area (Å²) in [4.78, 5) is 0. The molecule has 0 heterocycles. The summed E-state index contributed by atoms with van der Waals surface area (Å²) < 4.78 is 0. The minimum absolute atomic E-state index is 0. The van der Waals surface area contributed by atoms with E-state index in [1.807, 2.05) is 44.2 Å². The maximum absolute atomic E-state index is 8.92. The molecule has 2 N–H and O–H groups in total. The number of hydrogen-bond acceptors (Lipinski definition) is 2. The van der Waals surface area contributed by atoms with E-state index in [0.29, 0.717) is 11.5 Å². The largest absolute Gasteiger partial charge is 0.508 e. The lowest BCUT2D eigenvalue weighted by Crippen LogP contribution is -1.68. The highest BCUT2D eigenvalue weighted by Gasteiger charge is 1.87. The average molecular weight is 253 g/mol. The van der Waals surface area contributed by atoms with Crippen LogP contribution in [-0.4, -0.2) is 10.2 Å². The molecule has 0 aromatic heterocycles. The fourth-order valence-electron chi connectivity index (χ4n) is 1.19. The second-order valence-electron chi connectivity index (χ2n) is 3.63. The van der Waals surface area contributed by atoms with Crippen LogP contribution in [0.5, 0.6) is 11.5 Å². The quantitative estimate of drug-likeness (QED) is 0.748. The van der Waals surface area contributed by atoms with Crippen LogP contribution in [0.25, 0.3) is 0 Å². The molecule has 2 nitrogen and oxygen atoms in total. The van der Waals surface area contributed by atoms with E-state index in [1.165, 1.54) is 0 Å². The molecule has 0 bridgehead atoms. The molecule has 3 heteroatoms. The maximum Gasteiger partial charge on any atom is 0.118 e. The van der Waals surface area contributed by atoms with Crippen LogP contribution in [-0.2, 0) is 0 Å². The van der Waals surface area contributed by atoms with Crippen LogP contribution in [0.1, 0.15) is 11.1 Å². The number of benzene rings is 2. The van der Waals surface area contributed by atoms with Crippen LogP contribution in [0.2, 0.25) is 0 Å². The van der Waals surface area contributed by atoms with Crippen LogP contribution in [0, 0.1) is 13.8 Å². The first kappa shape index (κ1) is 15.3. The van der Waals surface area contributed by atoms with Crippen LogP contribution < -0.4 is 0 Å². The van der Waals surface area contributed by atoms with Gasteiger partial charge in [-0.2, -0.15) is 0 Å². The summed E-state index contributed by atoms with van der Waals surface area (Å²) in [6.07, 6.45) is 0. The molecule has 2 rings (SSSR count). The molecule has 0 spiro atoms. The third kappa shape index (κ3) is 5.83. The molecule has 0 radical (unpaired) electrons. The Morgan fingerprint density at radius 1 is 0.824 bits per heavy atom. The number of rotatable bonds is 0. The topological polar surface area (TPSA) is 40.5 Å². The standard InChI is InChI=1S/2C7H8O.ClH/c1-6-3-2-4-7(8)5-6;1-6-4-2-3-5-7(6)8;/h2*2-5,8H,1H3;1H. The van der Waals surface area contributed by atoms with Crippen molar-refractivity contribution in [1.82, 2.24) is 0 Å². The van der Waals surface area contributed by atoms with Gasteiger partial charge in [-0.25, -0.2) is 0 Å². The number of halogens is 1. The summed E-state index contributed by atoms with van der Waals surface area (Å²) >= 11 is 0. The summed E-state index contributed by atoms with van der Waals surface area (Å²) in [5.41, 5.74) is 2.01. The molecule has 0 aliphatic heterocycles. The van der Waals surface area contributed by atoms with E-state index in [4.69, 9.17) is 10.2 Å². The number of para-hydroxylation sites is 1. The predicted octanol–water partition coefficient (Wildman–Crippen LogP) is 3.82. The Morgan fingerprint density at radius 3 is 1.82 bits per heavy atom. The highest BCUT2D eigenvalue weighted by atomic mass is 35.5. The highest BCUT2D eigenvalue weighted by molar-refractivity contribution is 5.85. The summed E-state index contributed by atoms with van der Waals surface area (Å²) in [6, 6.07) is 14.4. The van der Waals surface area contributed by atoms with Crippen molar-refractivity contribution < 1.29 is 10.2 Å². The molecule has 0 saturated carbocycles. The van der Waals surface area contributed by atoms with Crippen LogP contribution >= 0.6 is 12.4 Å². The molecule has 2 aromatic carbocycles. The molecule has 0 fully saturated rings. The van der Waals surface area contributed by atoms with Crippen molar-refractivity contribution in [2.45, 2.75) is 13.8 Å². The monoisotopic (exact) mass is 252 g/mol. The van der Waals surface area contributed by atoms with Crippen molar-refractivity contribution in [1.29, 1.82) is 0 Å². The lowest BCUT2D eigenvalue weighted by atomic mass is 10.2. The first-order chi connectivity index (χ1) is 7.59. The Kier molecular flexibility index (Phi) is 6.83. The van der Waals surface area contributed by atoms with E-state index >= 15 is 0 Å². The summed E-state index contributed by atoms with van der Waals surface area (Å²) in [5, 5.41) is 17.7. The minimum atomic E-state index is 0. The lowest BCUT2D eigenvalue weighted by Gasteiger charge is -1.92. The van der Waals surface area contributed by atoms with Gasteiger partial charge in [-0.3, -0.25) is 0 Å². The Balaban J connectivity index is 0.000000284. The Hall–Kier alpha value is -1.67. The van der Waals surface area contributed by atoms with Crippen molar-refractivity contribution >= 4 is 12.4 Å². The number of aryl methyl sites for hydroxylation is 2. The highest BCUT2D eigenvalue weighted by Crippen LogP contribution is 2.12. The van der Waals surface area contributed by atoms with Crippen molar-refractivity contribution in [3.05, 3.63) is 59.7 Å². The van der Waals surface area contributed by atoms with Gasteiger partial charge in [-0.05, 0) is 43.2 Å². The number of phenols is 2. The lowest BCUT2D eigenvalue weighted by molar-refractivity contribution is 0.471. The van der Waals surface area contributed by atoms with E-state index in [-0.39, 0.29) is 12.4 Å².